The van der Waals surface area contributed by atoms with E-state index in [2.05, 4.69) is 5.32 Å². The molecule has 1 unspecified atom stereocenters. The normalized spacial score (nSPS) is 12.5. The van der Waals surface area contributed by atoms with Crippen molar-refractivity contribution in [1.82, 2.24) is 5.32 Å². The lowest BCUT2D eigenvalue weighted by molar-refractivity contribution is -0.137. The summed E-state index contributed by atoms with van der Waals surface area (Å²) in [6.45, 7) is -0.186. The molecule has 0 heterocycles. The molecule has 0 saturated heterocycles. The highest BCUT2D eigenvalue weighted by atomic mass is 19.4. The maximum absolute atomic E-state index is 12.4. The van der Waals surface area contributed by atoms with Crippen LogP contribution in [0.25, 0.3) is 0 Å². The molecule has 0 radical (unpaired) electrons. The zero-order chi connectivity index (χ0) is 17.6. The van der Waals surface area contributed by atoms with Crippen LogP contribution in [0.1, 0.15) is 15.9 Å². The molecule has 0 spiro atoms. The van der Waals surface area contributed by atoms with E-state index in [1.807, 2.05) is 0 Å². The average molecular weight is 339 g/mol. The van der Waals surface area contributed by atoms with Crippen LogP contribution >= 0.6 is 0 Å². The van der Waals surface area contributed by atoms with Gasteiger partial charge in [0.25, 0.3) is 5.91 Å². The first-order chi connectivity index (χ1) is 11.4. The summed E-state index contributed by atoms with van der Waals surface area (Å²) in [6.07, 6.45) is -5.39. The van der Waals surface area contributed by atoms with Crippen molar-refractivity contribution in [1.29, 1.82) is 0 Å². The third-order valence-corrected chi connectivity index (χ3v) is 3.16. The van der Waals surface area contributed by atoms with Gasteiger partial charge < -0.3 is 15.2 Å². The fourth-order valence-electron chi connectivity index (χ4n) is 1.89. The lowest BCUT2D eigenvalue weighted by Gasteiger charge is -2.14. The molecule has 0 aliphatic heterocycles. The van der Waals surface area contributed by atoms with Gasteiger partial charge in [0.05, 0.1) is 5.56 Å². The number of carbonyl (C=O) groups is 1. The Morgan fingerprint density at radius 2 is 1.71 bits per heavy atom. The molecule has 1 amide bonds. The second kappa shape index (κ2) is 7.83. The topological polar surface area (TPSA) is 58.6 Å². The first-order valence-electron chi connectivity index (χ1n) is 7.17. The minimum atomic E-state index is -4.40. The second-order valence-electron chi connectivity index (χ2n) is 5.06. The molecule has 1 atom stereocenters. The summed E-state index contributed by atoms with van der Waals surface area (Å²) in [5.41, 5.74) is -0.307. The Kier molecular flexibility index (Phi) is 5.81. The maximum atomic E-state index is 12.4. The molecule has 4 nitrogen and oxygen atoms in total. The SMILES string of the molecule is O=C(NCC(O)COc1ccc(C(F)(F)F)cc1)c1ccccc1. The molecule has 0 fully saturated rings. The van der Waals surface area contributed by atoms with Crippen LogP contribution in [0.15, 0.2) is 54.6 Å². The van der Waals surface area contributed by atoms with E-state index in [0.29, 0.717) is 5.56 Å². The number of benzene rings is 2. The Labute approximate surface area is 136 Å². The van der Waals surface area contributed by atoms with Crippen LogP contribution in [0, 0.1) is 0 Å². The van der Waals surface area contributed by atoms with E-state index >= 15 is 0 Å². The van der Waals surface area contributed by atoms with Crippen LogP contribution in [0.4, 0.5) is 13.2 Å². The monoisotopic (exact) mass is 339 g/mol. The third-order valence-electron chi connectivity index (χ3n) is 3.16. The molecular weight excluding hydrogens is 323 g/mol. The predicted octanol–water partition coefficient (Wildman–Crippen LogP) is 2.88. The summed E-state index contributed by atoms with van der Waals surface area (Å²) in [5, 5.41) is 12.3. The summed E-state index contributed by atoms with van der Waals surface area (Å²) < 4.78 is 42.5. The summed E-state index contributed by atoms with van der Waals surface area (Å²) in [4.78, 5) is 11.8. The van der Waals surface area contributed by atoms with Crippen molar-refractivity contribution in [2.45, 2.75) is 12.3 Å². The Bertz CT molecular complexity index is 657. The van der Waals surface area contributed by atoms with E-state index in [1.54, 1.807) is 30.3 Å². The van der Waals surface area contributed by atoms with Crippen LogP contribution in [-0.2, 0) is 6.18 Å². The van der Waals surface area contributed by atoms with Gasteiger partial charge in [-0.2, -0.15) is 13.2 Å². The largest absolute Gasteiger partial charge is 0.491 e. The Hall–Kier alpha value is -2.54. The quantitative estimate of drug-likeness (QED) is 0.851. The van der Waals surface area contributed by atoms with Gasteiger partial charge in [-0.25, -0.2) is 0 Å². The van der Waals surface area contributed by atoms with Gasteiger partial charge in [-0.1, -0.05) is 18.2 Å². The van der Waals surface area contributed by atoms with E-state index < -0.39 is 17.8 Å². The van der Waals surface area contributed by atoms with Crippen LogP contribution < -0.4 is 10.1 Å². The van der Waals surface area contributed by atoms with Crippen molar-refractivity contribution in [2.24, 2.45) is 0 Å². The van der Waals surface area contributed by atoms with Gasteiger partial charge in [0.15, 0.2) is 0 Å². The van der Waals surface area contributed by atoms with Crippen LogP contribution in [0.3, 0.4) is 0 Å². The second-order valence-corrected chi connectivity index (χ2v) is 5.06. The van der Waals surface area contributed by atoms with Crippen molar-refractivity contribution < 1.29 is 27.8 Å². The number of amides is 1. The van der Waals surface area contributed by atoms with E-state index in [9.17, 15) is 23.1 Å². The number of rotatable bonds is 6. The number of alkyl halides is 3. The molecule has 2 aromatic carbocycles. The van der Waals surface area contributed by atoms with Gasteiger partial charge in [0.2, 0.25) is 0 Å². The molecule has 0 saturated carbocycles. The van der Waals surface area contributed by atoms with Crippen LogP contribution in [0.5, 0.6) is 5.75 Å². The standard InChI is InChI=1S/C17H16F3NO3/c18-17(19,20)13-6-8-15(9-7-13)24-11-14(22)10-21-16(23)12-4-2-1-3-5-12/h1-9,14,22H,10-11H2,(H,21,23). The minimum absolute atomic E-state index is 0.0334. The fraction of sp³-hybridized carbons (Fsp3) is 0.235. The zero-order valence-corrected chi connectivity index (χ0v) is 12.6. The van der Waals surface area contributed by atoms with E-state index in [0.717, 1.165) is 12.1 Å². The number of aliphatic hydroxyl groups excluding tert-OH is 1. The van der Waals surface area contributed by atoms with Crippen molar-refractivity contribution in [2.75, 3.05) is 13.2 Å². The molecule has 0 aliphatic carbocycles. The molecule has 0 aromatic heterocycles. The van der Waals surface area contributed by atoms with Crippen molar-refractivity contribution >= 4 is 5.91 Å². The average Bonchev–Trinajstić information content (AvgIpc) is 2.58. The van der Waals surface area contributed by atoms with Gasteiger partial charge in [-0.05, 0) is 36.4 Å². The summed E-state index contributed by atoms with van der Waals surface area (Å²) in [7, 11) is 0. The number of hydrogen-bond acceptors (Lipinski definition) is 3. The number of carbonyl (C=O) groups excluding carboxylic acids is 1. The van der Waals surface area contributed by atoms with E-state index in [-0.39, 0.29) is 24.8 Å². The molecular formula is C17H16F3NO3. The Morgan fingerprint density at radius 1 is 1.08 bits per heavy atom. The highest BCUT2D eigenvalue weighted by Crippen LogP contribution is 2.30. The van der Waals surface area contributed by atoms with Crippen molar-refractivity contribution in [3.8, 4) is 5.75 Å². The molecule has 0 aliphatic rings. The molecule has 2 aromatic rings. The van der Waals surface area contributed by atoms with Gasteiger partial charge in [0.1, 0.15) is 18.5 Å². The first-order valence-corrected chi connectivity index (χ1v) is 7.17. The van der Waals surface area contributed by atoms with Crippen LogP contribution in [0.2, 0.25) is 0 Å². The molecule has 7 heteroatoms. The first kappa shape index (κ1) is 17.8. The predicted molar refractivity (Wildman–Crippen MR) is 81.7 cm³/mol. The number of hydrogen-bond donors (Lipinski definition) is 2. The zero-order valence-electron chi connectivity index (χ0n) is 12.6. The smallest absolute Gasteiger partial charge is 0.416 e. The van der Waals surface area contributed by atoms with Gasteiger partial charge in [0, 0.05) is 12.1 Å². The highest BCUT2D eigenvalue weighted by molar-refractivity contribution is 5.94. The van der Waals surface area contributed by atoms with Gasteiger partial charge >= 0.3 is 6.18 Å². The molecule has 0 bridgehead atoms. The lowest BCUT2D eigenvalue weighted by Crippen LogP contribution is -2.35. The molecule has 24 heavy (non-hydrogen) atoms. The number of aliphatic hydroxyl groups is 1. The summed E-state index contributed by atoms with van der Waals surface area (Å²) >= 11 is 0. The van der Waals surface area contributed by atoms with Gasteiger partial charge in [-0.15, -0.1) is 0 Å². The number of ether oxygens (including phenoxy) is 1. The molecule has 128 valence electrons. The van der Waals surface area contributed by atoms with E-state index in [1.165, 1.54) is 12.1 Å². The lowest BCUT2D eigenvalue weighted by atomic mass is 10.2. The third kappa shape index (κ3) is 5.27. The van der Waals surface area contributed by atoms with Crippen LogP contribution in [-0.4, -0.2) is 30.3 Å². The fourth-order valence-corrected chi connectivity index (χ4v) is 1.89. The van der Waals surface area contributed by atoms with E-state index in [4.69, 9.17) is 4.74 Å². The molecule has 2 N–H and O–H groups in total. The minimum Gasteiger partial charge on any atom is -0.491 e. The Morgan fingerprint density at radius 3 is 2.29 bits per heavy atom. The highest BCUT2D eigenvalue weighted by Gasteiger charge is 2.30. The number of nitrogens with one attached hydrogen (secondary N) is 1. The van der Waals surface area contributed by atoms with Crippen molar-refractivity contribution in [3.63, 3.8) is 0 Å². The van der Waals surface area contributed by atoms with Gasteiger partial charge in [-0.3, -0.25) is 4.79 Å². The summed E-state index contributed by atoms with van der Waals surface area (Å²) in [6, 6.07) is 12.7. The number of halogens is 3. The Balaban J connectivity index is 1.77. The molecule has 2 rings (SSSR count). The maximum Gasteiger partial charge on any atom is 0.416 e. The summed E-state index contributed by atoms with van der Waals surface area (Å²) in [5.74, 6) is -0.124. The van der Waals surface area contributed by atoms with Crippen molar-refractivity contribution in [3.05, 3.63) is 65.7 Å².